The SMILES string of the molecule is CC(=O)N(CCC(=O)Nc1ccc(OC(C)C)cc1)CCC1=CCCCC1. The number of hydrogen-bond donors (Lipinski definition) is 1. The number of rotatable bonds is 9. The molecule has 0 saturated heterocycles. The van der Waals surface area contributed by atoms with Crippen LogP contribution >= 0.6 is 0 Å². The first-order valence-corrected chi connectivity index (χ1v) is 9.94. The number of allylic oxidation sites excluding steroid dienone is 1. The topological polar surface area (TPSA) is 58.6 Å². The number of anilines is 1. The van der Waals surface area contributed by atoms with E-state index in [1.807, 2.05) is 38.1 Å². The Morgan fingerprint density at radius 1 is 1.15 bits per heavy atom. The van der Waals surface area contributed by atoms with Gasteiger partial charge < -0.3 is 15.0 Å². The molecule has 0 bridgehead atoms. The maximum atomic E-state index is 12.2. The Hall–Kier alpha value is -2.30. The van der Waals surface area contributed by atoms with Gasteiger partial charge in [-0.3, -0.25) is 9.59 Å². The molecule has 1 aliphatic carbocycles. The van der Waals surface area contributed by atoms with E-state index in [-0.39, 0.29) is 17.9 Å². The number of carbonyl (C=O) groups excluding carboxylic acids is 2. The Balaban J connectivity index is 1.77. The molecular weight excluding hydrogens is 340 g/mol. The van der Waals surface area contributed by atoms with Crippen LogP contribution in [-0.2, 0) is 9.59 Å². The largest absolute Gasteiger partial charge is 0.491 e. The van der Waals surface area contributed by atoms with Gasteiger partial charge in [0.15, 0.2) is 0 Å². The zero-order valence-electron chi connectivity index (χ0n) is 16.8. The predicted octanol–water partition coefficient (Wildman–Crippen LogP) is 4.54. The molecule has 0 atom stereocenters. The molecule has 5 heteroatoms. The fourth-order valence-electron chi connectivity index (χ4n) is 3.19. The number of nitrogens with zero attached hydrogens (tertiary/aromatic N) is 1. The zero-order chi connectivity index (χ0) is 19.6. The number of benzene rings is 1. The molecule has 5 nitrogen and oxygen atoms in total. The van der Waals surface area contributed by atoms with E-state index in [0.29, 0.717) is 19.5 Å². The molecule has 1 aromatic rings. The molecule has 0 spiro atoms. The van der Waals surface area contributed by atoms with E-state index in [9.17, 15) is 9.59 Å². The second-order valence-corrected chi connectivity index (χ2v) is 7.35. The fourth-order valence-corrected chi connectivity index (χ4v) is 3.19. The van der Waals surface area contributed by atoms with E-state index >= 15 is 0 Å². The van der Waals surface area contributed by atoms with E-state index in [1.165, 1.54) is 18.4 Å². The lowest BCUT2D eigenvalue weighted by molar-refractivity contribution is -0.129. The van der Waals surface area contributed by atoms with Gasteiger partial charge in [0, 0.05) is 32.1 Å². The number of amides is 2. The van der Waals surface area contributed by atoms with E-state index in [4.69, 9.17) is 4.74 Å². The fraction of sp³-hybridized carbons (Fsp3) is 0.545. The molecule has 1 N–H and O–H groups in total. The molecule has 148 valence electrons. The van der Waals surface area contributed by atoms with Crippen LogP contribution in [0.1, 0.15) is 59.3 Å². The average molecular weight is 373 g/mol. The second-order valence-electron chi connectivity index (χ2n) is 7.35. The first kappa shape index (κ1) is 21.0. The number of hydrogen-bond acceptors (Lipinski definition) is 3. The van der Waals surface area contributed by atoms with Gasteiger partial charge in [-0.15, -0.1) is 0 Å². The van der Waals surface area contributed by atoms with E-state index in [1.54, 1.807) is 11.8 Å². The van der Waals surface area contributed by atoms with Crippen molar-refractivity contribution in [2.45, 2.75) is 65.4 Å². The van der Waals surface area contributed by atoms with Crippen molar-refractivity contribution in [3.8, 4) is 5.75 Å². The molecule has 0 unspecified atom stereocenters. The van der Waals surface area contributed by atoms with Crippen molar-refractivity contribution in [1.29, 1.82) is 0 Å². The minimum Gasteiger partial charge on any atom is -0.491 e. The van der Waals surface area contributed by atoms with Gasteiger partial charge in [-0.05, 0) is 70.2 Å². The lowest BCUT2D eigenvalue weighted by Gasteiger charge is -2.22. The number of carbonyl (C=O) groups is 2. The van der Waals surface area contributed by atoms with E-state index in [2.05, 4.69) is 11.4 Å². The molecule has 0 aliphatic heterocycles. The molecule has 2 amide bonds. The molecule has 0 saturated carbocycles. The highest BCUT2D eigenvalue weighted by molar-refractivity contribution is 5.91. The summed E-state index contributed by atoms with van der Waals surface area (Å²) in [6.07, 6.45) is 8.44. The van der Waals surface area contributed by atoms with Gasteiger partial charge in [0.2, 0.25) is 11.8 Å². The molecule has 0 aromatic heterocycles. The molecular formula is C22H32N2O3. The maximum Gasteiger partial charge on any atom is 0.226 e. The van der Waals surface area contributed by atoms with Crippen molar-refractivity contribution in [1.82, 2.24) is 4.90 Å². The monoisotopic (exact) mass is 372 g/mol. The van der Waals surface area contributed by atoms with Gasteiger partial charge in [-0.1, -0.05) is 11.6 Å². The van der Waals surface area contributed by atoms with Crippen LogP contribution in [0.5, 0.6) is 5.75 Å². The normalized spacial score (nSPS) is 13.9. The van der Waals surface area contributed by atoms with Crippen LogP contribution in [0, 0.1) is 0 Å². The highest BCUT2D eigenvalue weighted by atomic mass is 16.5. The summed E-state index contributed by atoms with van der Waals surface area (Å²) in [6, 6.07) is 7.34. The summed E-state index contributed by atoms with van der Waals surface area (Å²) in [5.41, 5.74) is 2.18. The van der Waals surface area contributed by atoms with Gasteiger partial charge in [-0.25, -0.2) is 0 Å². The summed E-state index contributed by atoms with van der Waals surface area (Å²) >= 11 is 0. The molecule has 27 heavy (non-hydrogen) atoms. The summed E-state index contributed by atoms with van der Waals surface area (Å²) in [5.74, 6) is 0.716. The van der Waals surface area contributed by atoms with Gasteiger partial charge in [0.05, 0.1) is 6.10 Å². The maximum absolute atomic E-state index is 12.2. The second kappa shape index (κ2) is 10.8. The van der Waals surface area contributed by atoms with Crippen LogP contribution in [-0.4, -0.2) is 35.9 Å². The average Bonchev–Trinajstić information content (AvgIpc) is 2.63. The Bertz CT molecular complexity index is 650. The lowest BCUT2D eigenvalue weighted by atomic mass is 9.97. The third-order valence-electron chi connectivity index (χ3n) is 4.65. The van der Waals surface area contributed by atoms with Crippen molar-refractivity contribution in [3.05, 3.63) is 35.9 Å². The van der Waals surface area contributed by atoms with Crippen LogP contribution in [0.15, 0.2) is 35.9 Å². The van der Waals surface area contributed by atoms with Gasteiger partial charge in [-0.2, -0.15) is 0 Å². The van der Waals surface area contributed by atoms with Crippen LogP contribution < -0.4 is 10.1 Å². The number of ether oxygens (including phenoxy) is 1. The quantitative estimate of drug-likeness (QED) is 0.647. The summed E-state index contributed by atoms with van der Waals surface area (Å²) in [7, 11) is 0. The van der Waals surface area contributed by atoms with Crippen LogP contribution in [0.4, 0.5) is 5.69 Å². The predicted molar refractivity (Wildman–Crippen MR) is 109 cm³/mol. The third kappa shape index (κ3) is 7.85. The van der Waals surface area contributed by atoms with E-state index in [0.717, 1.165) is 30.7 Å². The van der Waals surface area contributed by atoms with Gasteiger partial charge in [0.1, 0.15) is 5.75 Å². The van der Waals surface area contributed by atoms with Gasteiger partial charge in [0.25, 0.3) is 0 Å². The molecule has 1 aliphatic rings. The minimum absolute atomic E-state index is 0.0226. The smallest absolute Gasteiger partial charge is 0.226 e. The summed E-state index contributed by atoms with van der Waals surface area (Å²) < 4.78 is 5.59. The molecule has 1 aromatic carbocycles. The van der Waals surface area contributed by atoms with Gasteiger partial charge >= 0.3 is 0 Å². The van der Waals surface area contributed by atoms with Crippen molar-refractivity contribution in [2.24, 2.45) is 0 Å². The summed E-state index contributed by atoms with van der Waals surface area (Å²) in [4.78, 5) is 25.9. The Morgan fingerprint density at radius 3 is 2.48 bits per heavy atom. The Labute approximate surface area is 162 Å². The zero-order valence-corrected chi connectivity index (χ0v) is 16.8. The van der Waals surface area contributed by atoms with Crippen LogP contribution in [0.3, 0.4) is 0 Å². The lowest BCUT2D eigenvalue weighted by Crippen LogP contribution is -2.33. The van der Waals surface area contributed by atoms with Crippen LogP contribution in [0.2, 0.25) is 0 Å². The number of nitrogens with one attached hydrogen (secondary N) is 1. The Morgan fingerprint density at radius 2 is 1.89 bits per heavy atom. The molecule has 0 fully saturated rings. The van der Waals surface area contributed by atoms with Crippen molar-refractivity contribution >= 4 is 17.5 Å². The van der Waals surface area contributed by atoms with Crippen LogP contribution in [0.25, 0.3) is 0 Å². The summed E-state index contributed by atoms with van der Waals surface area (Å²) in [5, 5.41) is 2.88. The van der Waals surface area contributed by atoms with E-state index < -0.39 is 0 Å². The van der Waals surface area contributed by atoms with Crippen molar-refractivity contribution in [2.75, 3.05) is 18.4 Å². The molecule has 0 heterocycles. The minimum atomic E-state index is -0.0874. The van der Waals surface area contributed by atoms with Crippen molar-refractivity contribution < 1.29 is 14.3 Å². The Kier molecular flexibility index (Phi) is 8.37. The van der Waals surface area contributed by atoms with Crippen molar-refractivity contribution in [3.63, 3.8) is 0 Å². The molecule has 2 rings (SSSR count). The highest BCUT2D eigenvalue weighted by Gasteiger charge is 2.13. The standard InChI is InChI=1S/C22H32N2O3/c1-17(2)27-21-11-9-20(10-12-21)23-22(26)14-16-24(18(3)25)15-13-19-7-5-4-6-8-19/h7,9-12,17H,4-6,8,13-16H2,1-3H3,(H,23,26). The first-order chi connectivity index (χ1) is 12.9. The highest BCUT2D eigenvalue weighted by Crippen LogP contribution is 2.20. The first-order valence-electron chi connectivity index (χ1n) is 9.94. The summed E-state index contributed by atoms with van der Waals surface area (Å²) in [6.45, 7) is 6.65. The third-order valence-corrected chi connectivity index (χ3v) is 4.65. The molecule has 0 radical (unpaired) electrons.